The van der Waals surface area contributed by atoms with Gasteiger partial charge in [0.15, 0.2) is 0 Å². The van der Waals surface area contributed by atoms with Crippen LogP contribution in [0.15, 0.2) is 30.3 Å². The molecule has 19 heavy (non-hydrogen) atoms. The Morgan fingerprint density at radius 1 is 1.16 bits per heavy atom. The van der Waals surface area contributed by atoms with E-state index < -0.39 is 0 Å². The number of hydrogen-bond acceptors (Lipinski definition) is 3. The van der Waals surface area contributed by atoms with Crippen molar-refractivity contribution in [2.45, 2.75) is 20.8 Å². The number of rotatable bonds is 2. The summed E-state index contributed by atoms with van der Waals surface area (Å²) in [6.07, 6.45) is 0. The van der Waals surface area contributed by atoms with Gasteiger partial charge in [-0.15, -0.1) is 0 Å². The van der Waals surface area contributed by atoms with Crippen molar-refractivity contribution in [3.05, 3.63) is 52.8 Å². The average Bonchev–Trinajstić information content (AvgIpc) is 2.36. The van der Waals surface area contributed by atoms with Gasteiger partial charge in [0, 0.05) is 17.1 Å². The van der Waals surface area contributed by atoms with Crippen LogP contribution in [0.2, 0.25) is 0 Å². The number of nitrogens with zero attached hydrogens (tertiary/aromatic N) is 1. The van der Waals surface area contributed by atoms with Crippen LogP contribution in [0.4, 0.5) is 11.4 Å². The van der Waals surface area contributed by atoms with Gasteiger partial charge in [-0.25, -0.2) is 4.98 Å². The van der Waals surface area contributed by atoms with E-state index in [0.29, 0.717) is 11.4 Å². The molecule has 4 nitrogen and oxygen atoms in total. The lowest BCUT2D eigenvalue weighted by molar-refractivity contribution is 0.102. The third-order valence-electron chi connectivity index (χ3n) is 2.98. The molecule has 2 aromatic rings. The van der Waals surface area contributed by atoms with E-state index in [1.165, 1.54) is 0 Å². The summed E-state index contributed by atoms with van der Waals surface area (Å²) in [7, 11) is 0. The second-order valence-electron chi connectivity index (χ2n) is 4.64. The molecule has 1 aromatic heterocycles. The molecule has 1 heterocycles. The molecule has 0 bridgehead atoms. The molecule has 3 N–H and O–H groups in total. The van der Waals surface area contributed by atoms with E-state index >= 15 is 0 Å². The lowest BCUT2D eigenvalue weighted by Crippen LogP contribution is -2.15. The van der Waals surface area contributed by atoms with E-state index in [1.54, 1.807) is 12.1 Å². The molecule has 0 spiro atoms. The first-order valence-electron chi connectivity index (χ1n) is 6.09. The molecule has 0 saturated heterocycles. The first-order chi connectivity index (χ1) is 8.97. The van der Waals surface area contributed by atoms with E-state index in [1.807, 2.05) is 39.0 Å². The maximum atomic E-state index is 12.1. The number of benzene rings is 1. The number of anilines is 2. The first kappa shape index (κ1) is 13.1. The summed E-state index contributed by atoms with van der Waals surface area (Å²) in [5.74, 6) is -0.227. The van der Waals surface area contributed by atoms with Gasteiger partial charge in [-0.3, -0.25) is 4.79 Å². The van der Waals surface area contributed by atoms with E-state index in [4.69, 9.17) is 5.73 Å². The van der Waals surface area contributed by atoms with Gasteiger partial charge in [0.25, 0.3) is 5.91 Å². The van der Waals surface area contributed by atoms with Crippen LogP contribution >= 0.6 is 0 Å². The van der Waals surface area contributed by atoms with Crippen molar-refractivity contribution in [2.75, 3.05) is 11.1 Å². The van der Waals surface area contributed by atoms with Crippen LogP contribution in [-0.4, -0.2) is 10.9 Å². The standard InChI is InChI=1S/C15H17N3O/c1-9-7-10(2)14(8-12(9)16)18-15(19)13-6-4-5-11(3)17-13/h4-8H,16H2,1-3H3,(H,18,19). The largest absolute Gasteiger partial charge is 0.398 e. The molecule has 1 aromatic carbocycles. The Balaban J connectivity index is 2.27. The summed E-state index contributed by atoms with van der Waals surface area (Å²) in [5, 5.41) is 2.84. The van der Waals surface area contributed by atoms with Gasteiger partial charge < -0.3 is 11.1 Å². The Morgan fingerprint density at radius 3 is 2.58 bits per heavy atom. The number of hydrogen-bond donors (Lipinski definition) is 2. The zero-order chi connectivity index (χ0) is 14.0. The van der Waals surface area contributed by atoms with Gasteiger partial charge in [0.1, 0.15) is 5.69 Å². The van der Waals surface area contributed by atoms with Gasteiger partial charge in [0.2, 0.25) is 0 Å². The smallest absolute Gasteiger partial charge is 0.274 e. The first-order valence-corrected chi connectivity index (χ1v) is 6.09. The highest BCUT2D eigenvalue weighted by Gasteiger charge is 2.10. The fraction of sp³-hybridized carbons (Fsp3) is 0.200. The van der Waals surface area contributed by atoms with Crippen LogP contribution in [0.25, 0.3) is 0 Å². The van der Waals surface area contributed by atoms with Crippen LogP contribution in [0.3, 0.4) is 0 Å². The molecule has 0 atom stereocenters. The van der Waals surface area contributed by atoms with Crippen molar-refractivity contribution < 1.29 is 4.79 Å². The molecule has 98 valence electrons. The lowest BCUT2D eigenvalue weighted by Gasteiger charge is -2.11. The summed E-state index contributed by atoms with van der Waals surface area (Å²) in [6, 6.07) is 9.09. The van der Waals surface area contributed by atoms with Crippen molar-refractivity contribution in [3.8, 4) is 0 Å². The van der Waals surface area contributed by atoms with Gasteiger partial charge in [0.05, 0.1) is 0 Å². The minimum atomic E-state index is -0.227. The molecule has 0 aliphatic rings. The third kappa shape index (κ3) is 2.91. The predicted octanol–water partition coefficient (Wildman–Crippen LogP) is 2.84. The van der Waals surface area contributed by atoms with Gasteiger partial charge in [-0.2, -0.15) is 0 Å². The zero-order valence-electron chi connectivity index (χ0n) is 11.3. The normalized spacial score (nSPS) is 10.3. The highest BCUT2D eigenvalue weighted by Crippen LogP contribution is 2.22. The van der Waals surface area contributed by atoms with Gasteiger partial charge in [-0.05, 0) is 50.1 Å². The second-order valence-corrected chi connectivity index (χ2v) is 4.64. The maximum Gasteiger partial charge on any atom is 0.274 e. The van der Waals surface area contributed by atoms with Crippen molar-refractivity contribution in [3.63, 3.8) is 0 Å². The van der Waals surface area contributed by atoms with Crippen molar-refractivity contribution >= 4 is 17.3 Å². The number of amides is 1. The molecule has 1 amide bonds. The van der Waals surface area contributed by atoms with E-state index in [2.05, 4.69) is 10.3 Å². The van der Waals surface area contributed by atoms with Crippen LogP contribution in [-0.2, 0) is 0 Å². The van der Waals surface area contributed by atoms with E-state index in [9.17, 15) is 4.79 Å². The molecule has 2 rings (SSSR count). The zero-order valence-corrected chi connectivity index (χ0v) is 11.3. The minimum absolute atomic E-state index is 0.227. The molecular formula is C15H17N3O. The Kier molecular flexibility index (Phi) is 3.51. The Hall–Kier alpha value is -2.36. The van der Waals surface area contributed by atoms with Crippen LogP contribution in [0.1, 0.15) is 27.3 Å². The van der Waals surface area contributed by atoms with Gasteiger partial charge >= 0.3 is 0 Å². The molecular weight excluding hydrogens is 238 g/mol. The van der Waals surface area contributed by atoms with E-state index in [-0.39, 0.29) is 5.91 Å². The predicted molar refractivity (Wildman–Crippen MR) is 77.3 cm³/mol. The van der Waals surface area contributed by atoms with Crippen LogP contribution in [0, 0.1) is 20.8 Å². The average molecular weight is 255 g/mol. The summed E-state index contributed by atoms with van der Waals surface area (Å²) >= 11 is 0. The minimum Gasteiger partial charge on any atom is -0.398 e. The Bertz CT molecular complexity index is 635. The summed E-state index contributed by atoms with van der Waals surface area (Å²) < 4.78 is 0. The molecule has 0 aliphatic heterocycles. The summed E-state index contributed by atoms with van der Waals surface area (Å²) in [5.41, 5.74) is 10.4. The Labute approximate surface area is 112 Å². The van der Waals surface area contributed by atoms with E-state index in [0.717, 1.165) is 22.5 Å². The second kappa shape index (κ2) is 5.10. The number of nitrogens with two attached hydrogens (primary N) is 1. The highest BCUT2D eigenvalue weighted by atomic mass is 16.1. The molecule has 0 radical (unpaired) electrons. The SMILES string of the molecule is Cc1cccc(C(=O)Nc2cc(N)c(C)cc2C)n1. The summed E-state index contributed by atoms with van der Waals surface area (Å²) in [6.45, 7) is 5.73. The quantitative estimate of drug-likeness (QED) is 0.811. The van der Waals surface area contributed by atoms with Crippen molar-refractivity contribution in [2.24, 2.45) is 0 Å². The van der Waals surface area contributed by atoms with Crippen LogP contribution < -0.4 is 11.1 Å². The molecule has 4 heteroatoms. The lowest BCUT2D eigenvalue weighted by atomic mass is 10.1. The molecule has 0 saturated carbocycles. The molecule has 0 fully saturated rings. The highest BCUT2D eigenvalue weighted by molar-refractivity contribution is 6.03. The van der Waals surface area contributed by atoms with Gasteiger partial charge in [-0.1, -0.05) is 12.1 Å². The number of aryl methyl sites for hydroxylation is 3. The number of aromatic nitrogens is 1. The fourth-order valence-corrected chi connectivity index (χ4v) is 1.86. The number of pyridine rings is 1. The number of carbonyl (C=O) groups excluding carboxylic acids is 1. The van der Waals surface area contributed by atoms with Crippen molar-refractivity contribution in [1.82, 2.24) is 4.98 Å². The maximum absolute atomic E-state index is 12.1. The monoisotopic (exact) mass is 255 g/mol. The van der Waals surface area contributed by atoms with Crippen molar-refractivity contribution in [1.29, 1.82) is 0 Å². The third-order valence-corrected chi connectivity index (χ3v) is 2.98. The fourth-order valence-electron chi connectivity index (χ4n) is 1.86. The van der Waals surface area contributed by atoms with Crippen LogP contribution in [0.5, 0.6) is 0 Å². The number of carbonyl (C=O) groups is 1. The molecule has 0 unspecified atom stereocenters. The summed E-state index contributed by atoms with van der Waals surface area (Å²) in [4.78, 5) is 16.3. The Morgan fingerprint density at radius 2 is 1.89 bits per heavy atom. The topological polar surface area (TPSA) is 68.0 Å². The molecule has 0 aliphatic carbocycles. The number of nitrogens with one attached hydrogen (secondary N) is 1. The number of nitrogen functional groups attached to an aromatic ring is 1.